The largest absolute Gasteiger partial charge is 0.478 e. The smallest absolute Gasteiger partial charge is 0.328 e. The minimum Gasteiger partial charge on any atom is -0.478 e. The van der Waals surface area contributed by atoms with Crippen molar-refractivity contribution < 1.29 is 24.6 Å². The van der Waals surface area contributed by atoms with Crippen molar-refractivity contribution in [2.45, 2.75) is 89.3 Å². The Morgan fingerprint density at radius 2 is 1.74 bits per heavy atom. The Bertz CT molecular complexity index is 1160. The number of hydrogen-bond donors (Lipinski definition) is 3. The maximum Gasteiger partial charge on any atom is 0.328 e. The van der Waals surface area contributed by atoms with Crippen molar-refractivity contribution >= 4 is 28.7 Å². The fourth-order valence-corrected chi connectivity index (χ4v) is 6.62. The molecule has 3 atom stereocenters. The van der Waals surface area contributed by atoms with Gasteiger partial charge < -0.3 is 25.0 Å². The molecule has 2 aromatic rings. The number of piperidine rings is 1. The number of rotatable bonds is 6. The van der Waals surface area contributed by atoms with E-state index in [1.54, 1.807) is 0 Å². The second-order valence-corrected chi connectivity index (χ2v) is 11.0. The summed E-state index contributed by atoms with van der Waals surface area (Å²) in [5.74, 6) is -1.65. The number of carboxylic acids is 2. The first-order valence-corrected chi connectivity index (χ1v) is 14.0. The van der Waals surface area contributed by atoms with E-state index in [0.29, 0.717) is 36.1 Å². The third-order valence-corrected chi connectivity index (χ3v) is 8.33. The Balaban J connectivity index is 0.000000368. The number of hydrogen-bond acceptors (Lipinski definition) is 4. The van der Waals surface area contributed by atoms with Gasteiger partial charge in [-0.25, -0.2) is 9.59 Å². The number of amides is 1. The van der Waals surface area contributed by atoms with Gasteiger partial charge >= 0.3 is 11.9 Å². The summed E-state index contributed by atoms with van der Waals surface area (Å²) >= 11 is 0. The molecule has 1 saturated carbocycles. The normalized spacial score (nSPS) is 23.8. The average Bonchev–Trinajstić information content (AvgIpc) is 3.05. The molecule has 2 aliphatic carbocycles. The van der Waals surface area contributed by atoms with Crippen LogP contribution in [0.25, 0.3) is 10.9 Å². The molecule has 8 heteroatoms. The number of likely N-dealkylation sites (N-methyl/N-ethyl adjacent to an activating group) is 1. The predicted octanol–water partition coefficient (Wildman–Crippen LogP) is 4.56. The lowest BCUT2D eigenvalue weighted by molar-refractivity contribution is -0.134. The van der Waals surface area contributed by atoms with E-state index in [0.717, 1.165) is 45.2 Å². The molecule has 38 heavy (non-hydrogen) atoms. The molecule has 1 aliphatic heterocycles. The molecular weight excluding hydrogens is 482 g/mol. The van der Waals surface area contributed by atoms with Crippen molar-refractivity contribution in [2.75, 3.05) is 13.6 Å². The number of aliphatic carboxylic acids is 2. The Labute approximate surface area is 224 Å². The van der Waals surface area contributed by atoms with Gasteiger partial charge in [0.2, 0.25) is 5.91 Å². The number of nitrogens with zero attached hydrogens (tertiary/aromatic N) is 2. The molecule has 0 bridgehead atoms. The molecule has 1 aromatic carbocycles. The van der Waals surface area contributed by atoms with Crippen molar-refractivity contribution in [3.63, 3.8) is 0 Å². The van der Waals surface area contributed by atoms with Crippen molar-refractivity contribution in [2.24, 2.45) is 5.92 Å². The van der Waals surface area contributed by atoms with Crippen LogP contribution in [-0.4, -0.2) is 63.2 Å². The minimum absolute atomic E-state index is 0.106. The van der Waals surface area contributed by atoms with Gasteiger partial charge in [-0.15, -0.1) is 0 Å². The zero-order chi connectivity index (χ0) is 27.2. The standard InChI is InChI=1S/C26H37N3O.C4H4O4/c1-3-13-29-17-18-15-24-22(21-11-8-12-23(29)25(18)21)14-19(16-28(24)2)26(30)27-20-9-6-4-5-7-10-20;5-3(6)1-2-4(7)8/h8,11-12,17,19-20,22,24H,3-7,9-10,13-16H2,1-2H3,(H,27,30);1-2H,(H,5,6)(H,7,8)/b;2-1-/t19-,22-,24-;/m1./s1. The van der Waals surface area contributed by atoms with Gasteiger partial charge in [0.05, 0.1) is 5.92 Å². The zero-order valence-electron chi connectivity index (χ0n) is 22.6. The number of likely N-dealkylation sites (tertiary alicyclic amines) is 1. The molecule has 0 spiro atoms. The number of carbonyl (C=O) groups excluding carboxylic acids is 1. The topological polar surface area (TPSA) is 112 Å². The molecule has 1 amide bonds. The van der Waals surface area contributed by atoms with Crippen molar-refractivity contribution in [3.05, 3.63) is 47.7 Å². The van der Waals surface area contributed by atoms with Crippen LogP contribution >= 0.6 is 0 Å². The maximum absolute atomic E-state index is 13.2. The lowest BCUT2D eigenvalue weighted by Gasteiger charge is -2.45. The van der Waals surface area contributed by atoms with Gasteiger partial charge in [0.1, 0.15) is 0 Å². The van der Waals surface area contributed by atoms with Crippen LogP contribution < -0.4 is 5.32 Å². The van der Waals surface area contributed by atoms with Crippen LogP contribution in [0, 0.1) is 5.92 Å². The van der Waals surface area contributed by atoms with Crippen molar-refractivity contribution in [1.29, 1.82) is 0 Å². The van der Waals surface area contributed by atoms with Crippen molar-refractivity contribution in [1.82, 2.24) is 14.8 Å². The number of aromatic nitrogens is 1. The summed E-state index contributed by atoms with van der Waals surface area (Å²) < 4.78 is 2.45. The van der Waals surface area contributed by atoms with E-state index in [1.165, 1.54) is 47.7 Å². The van der Waals surface area contributed by atoms with E-state index in [4.69, 9.17) is 10.2 Å². The molecule has 3 N–H and O–H groups in total. The van der Waals surface area contributed by atoms with Crippen LogP contribution in [0.1, 0.15) is 75.3 Å². The summed E-state index contributed by atoms with van der Waals surface area (Å²) in [6, 6.07) is 7.75. The van der Waals surface area contributed by atoms with Gasteiger partial charge in [0.15, 0.2) is 0 Å². The Hall–Kier alpha value is -3.13. The van der Waals surface area contributed by atoms with Gasteiger partial charge in [0.25, 0.3) is 0 Å². The Morgan fingerprint density at radius 1 is 1.05 bits per heavy atom. The van der Waals surface area contributed by atoms with E-state index in [1.807, 2.05) is 0 Å². The van der Waals surface area contributed by atoms with E-state index in [2.05, 4.69) is 53.2 Å². The van der Waals surface area contributed by atoms with Crippen molar-refractivity contribution in [3.8, 4) is 0 Å². The second-order valence-electron chi connectivity index (χ2n) is 11.0. The lowest BCUT2D eigenvalue weighted by atomic mass is 9.72. The van der Waals surface area contributed by atoms with Crippen LogP contribution in [0.4, 0.5) is 0 Å². The first-order chi connectivity index (χ1) is 18.3. The van der Waals surface area contributed by atoms with E-state index < -0.39 is 11.9 Å². The fraction of sp³-hybridized carbons (Fsp3) is 0.567. The molecule has 0 unspecified atom stereocenters. The highest BCUT2D eigenvalue weighted by atomic mass is 16.4. The van der Waals surface area contributed by atoms with Gasteiger partial charge in [-0.3, -0.25) is 4.79 Å². The average molecular weight is 524 g/mol. The third-order valence-electron chi connectivity index (χ3n) is 8.33. The number of nitrogens with one attached hydrogen (secondary N) is 1. The first kappa shape index (κ1) is 27.9. The highest BCUT2D eigenvalue weighted by Crippen LogP contribution is 2.45. The summed E-state index contributed by atoms with van der Waals surface area (Å²) in [7, 11) is 2.23. The number of carboxylic acid groups (broad SMARTS) is 2. The number of fused-ring (bicyclic) bond motifs is 2. The van der Waals surface area contributed by atoms with Gasteiger partial charge in [0, 0.05) is 60.3 Å². The quantitative estimate of drug-likeness (QED) is 0.378. The Morgan fingerprint density at radius 3 is 2.37 bits per heavy atom. The summed E-state index contributed by atoms with van der Waals surface area (Å²) in [5.41, 5.74) is 4.37. The molecule has 0 radical (unpaired) electrons. The van der Waals surface area contributed by atoms with Crippen LogP contribution in [0.2, 0.25) is 0 Å². The van der Waals surface area contributed by atoms with E-state index in [-0.39, 0.29) is 5.92 Å². The molecule has 206 valence electrons. The first-order valence-electron chi connectivity index (χ1n) is 14.0. The van der Waals surface area contributed by atoms with E-state index in [9.17, 15) is 14.4 Å². The molecular formula is C30H41N3O5. The van der Waals surface area contributed by atoms with Crippen LogP contribution in [0.3, 0.4) is 0 Å². The highest BCUT2D eigenvalue weighted by molar-refractivity contribution is 5.90. The molecule has 5 rings (SSSR count). The minimum atomic E-state index is -1.26. The Kier molecular flexibility index (Phi) is 9.26. The van der Waals surface area contributed by atoms with E-state index >= 15 is 0 Å². The SMILES string of the molecule is CCCn1cc2c3c(cccc31)[C@H]1C[C@@H](C(=O)NC3CCCCCC3)CN(C)[C@@H]1C2.O=C(O)/C=C\C(=O)O. The third kappa shape index (κ3) is 6.46. The molecule has 8 nitrogen and oxygen atoms in total. The highest BCUT2D eigenvalue weighted by Gasteiger charge is 2.41. The van der Waals surface area contributed by atoms with Gasteiger partial charge in [-0.05, 0) is 56.3 Å². The fourth-order valence-electron chi connectivity index (χ4n) is 6.62. The van der Waals surface area contributed by atoms with Gasteiger partial charge in [-0.1, -0.05) is 44.7 Å². The van der Waals surface area contributed by atoms with Crippen LogP contribution in [0.15, 0.2) is 36.5 Å². The number of benzene rings is 1. The molecule has 2 heterocycles. The summed E-state index contributed by atoms with van der Waals surface area (Å²) in [4.78, 5) is 34.8. The van der Waals surface area contributed by atoms with Gasteiger partial charge in [-0.2, -0.15) is 0 Å². The summed E-state index contributed by atoms with van der Waals surface area (Å²) in [5, 5.41) is 20.5. The second kappa shape index (κ2) is 12.6. The summed E-state index contributed by atoms with van der Waals surface area (Å²) in [6.45, 7) is 4.22. The van der Waals surface area contributed by atoms with Crippen LogP contribution in [0.5, 0.6) is 0 Å². The lowest BCUT2D eigenvalue weighted by Crippen LogP contribution is -2.52. The summed E-state index contributed by atoms with van der Waals surface area (Å²) in [6.07, 6.45) is 14.3. The zero-order valence-corrected chi connectivity index (χ0v) is 22.6. The predicted molar refractivity (Wildman–Crippen MR) is 147 cm³/mol. The molecule has 1 aromatic heterocycles. The number of aryl methyl sites for hydroxylation is 1. The molecule has 3 aliphatic rings. The maximum atomic E-state index is 13.2. The molecule has 1 saturated heterocycles. The molecule has 2 fully saturated rings. The number of carbonyl (C=O) groups is 3. The monoisotopic (exact) mass is 523 g/mol. The van der Waals surface area contributed by atoms with Crippen LogP contribution in [-0.2, 0) is 27.3 Å².